The van der Waals surface area contributed by atoms with Crippen molar-refractivity contribution in [3.8, 4) is 0 Å². The first kappa shape index (κ1) is 9.77. The van der Waals surface area contributed by atoms with E-state index in [2.05, 4.69) is 4.98 Å². The second-order valence-corrected chi connectivity index (χ2v) is 3.75. The second kappa shape index (κ2) is 3.77. The van der Waals surface area contributed by atoms with Crippen LogP contribution in [0.4, 0.5) is 0 Å². The highest BCUT2D eigenvalue weighted by molar-refractivity contribution is 6.33. The highest BCUT2D eigenvalue weighted by Crippen LogP contribution is 2.20. The molecule has 0 unspecified atom stereocenters. The van der Waals surface area contributed by atoms with Crippen molar-refractivity contribution in [3.63, 3.8) is 0 Å². The van der Waals surface area contributed by atoms with E-state index >= 15 is 0 Å². The second-order valence-electron chi connectivity index (χ2n) is 2.96. The number of nitrogens with zero attached hydrogens (tertiary/aromatic N) is 2. The molecule has 2 rings (SSSR count). The lowest BCUT2D eigenvalue weighted by atomic mass is 10.4. The van der Waals surface area contributed by atoms with Crippen molar-refractivity contribution in [2.24, 2.45) is 5.73 Å². The first-order chi connectivity index (χ1) is 6.72. The molecule has 2 aromatic heterocycles. The summed E-state index contributed by atoms with van der Waals surface area (Å²) in [5.74, 6) is 0.843. The Morgan fingerprint density at radius 3 is 2.86 bits per heavy atom. The van der Waals surface area contributed by atoms with Gasteiger partial charge in [-0.25, -0.2) is 4.98 Å². The maximum Gasteiger partial charge on any atom is 0.155 e. The summed E-state index contributed by atoms with van der Waals surface area (Å²) < 4.78 is 1.87. The molecule has 0 aliphatic rings. The van der Waals surface area contributed by atoms with E-state index in [9.17, 15) is 0 Å². The minimum Gasteiger partial charge on any atom is -0.330 e. The number of hydrogen-bond donors (Lipinski definition) is 1. The number of hydrogen-bond acceptors (Lipinski definition) is 2. The van der Waals surface area contributed by atoms with E-state index in [1.54, 1.807) is 12.3 Å². The molecule has 74 valence electrons. The van der Waals surface area contributed by atoms with Crippen molar-refractivity contribution in [1.29, 1.82) is 0 Å². The van der Waals surface area contributed by atoms with E-state index in [4.69, 9.17) is 28.9 Å². The topological polar surface area (TPSA) is 43.3 Å². The van der Waals surface area contributed by atoms with Gasteiger partial charge in [0.15, 0.2) is 5.15 Å². The maximum absolute atomic E-state index is 5.95. The van der Waals surface area contributed by atoms with Gasteiger partial charge in [0, 0.05) is 12.6 Å². The summed E-state index contributed by atoms with van der Waals surface area (Å²) in [5, 5.41) is 1.15. The number of aromatic nitrogens is 2. The van der Waals surface area contributed by atoms with Crippen LogP contribution in [0.3, 0.4) is 0 Å². The number of pyridine rings is 1. The molecule has 0 saturated heterocycles. The van der Waals surface area contributed by atoms with Gasteiger partial charge in [0.05, 0.1) is 10.5 Å². The molecule has 2 heterocycles. The predicted molar refractivity (Wildman–Crippen MR) is 58.0 cm³/mol. The minimum absolute atomic E-state index is 0.491. The molecule has 0 aliphatic heterocycles. The van der Waals surface area contributed by atoms with E-state index in [1.807, 2.05) is 10.5 Å². The zero-order chi connectivity index (χ0) is 10.1. The Morgan fingerprint density at radius 1 is 1.36 bits per heavy atom. The normalized spacial score (nSPS) is 11.1. The Morgan fingerprint density at radius 2 is 2.14 bits per heavy atom. The third kappa shape index (κ3) is 1.59. The van der Waals surface area contributed by atoms with Crippen LogP contribution in [-0.4, -0.2) is 15.9 Å². The highest BCUT2D eigenvalue weighted by atomic mass is 35.5. The van der Waals surface area contributed by atoms with Gasteiger partial charge in [-0.2, -0.15) is 0 Å². The van der Waals surface area contributed by atoms with Crippen molar-refractivity contribution >= 4 is 28.7 Å². The Labute approximate surface area is 91.4 Å². The first-order valence-corrected chi connectivity index (χ1v) is 5.00. The Bertz CT molecular complexity index is 464. The van der Waals surface area contributed by atoms with Gasteiger partial charge in [-0.3, -0.25) is 0 Å². The van der Waals surface area contributed by atoms with Crippen LogP contribution in [0, 0.1) is 0 Å². The standard InChI is InChI=1S/C9H9Cl2N3/c10-6-1-2-7-9(11)13-8(3-4-12)14(7)5-6/h1-2,5H,3-4,12H2. The van der Waals surface area contributed by atoms with Gasteiger partial charge < -0.3 is 10.1 Å². The van der Waals surface area contributed by atoms with Crippen LogP contribution in [-0.2, 0) is 6.42 Å². The molecule has 0 fully saturated rings. The van der Waals surface area contributed by atoms with E-state index in [-0.39, 0.29) is 0 Å². The molecule has 2 aromatic rings. The fraction of sp³-hybridized carbons (Fsp3) is 0.222. The Kier molecular flexibility index (Phi) is 2.63. The third-order valence-electron chi connectivity index (χ3n) is 2.00. The van der Waals surface area contributed by atoms with Crippen molar-refractivity contribution in [3.05, 3.63) is 34.3 Å². The molecule has 0 aromatic carbocycles. The maximum atomic E-state index is 5.95. The lowest BCUT2D eigenvalue weighted by molar-refractivity contribution is 0.863. The molecule has 0 radical (unpaired) electrons. The largest absolute Gasteiger partial charge is 0.330 e. The molecular weight excluding hydrogens is 221 g/mol. The zero-order valence-corrected chi connectivity index (χ0v) is 8.89. The fourth-order valence-corrected chi connectivity index (χ4v) is 1.80. The first-order valence-electron chi connectivity index (χ1n) is 4.24. The van der Waals surface area contributed by atoms with E-state index < -0.39 is 0 Å². The zero-order valence-electron chi connectivity index (χ0n) is 7.37. The average molecular weight is 230 g/mol. The van der Waals surface area contributed by atoms with Gasteiger partial charge in [0.25, 0.3) is 0 Å². The summed E-state index contributed by atoms with van der Waals surface area (Å²) >= 11 is 11.8. The summed E-state index contributed by atoms with van der Waals surface area (Å²) in [7, 11) is 0. The van der Waals surface area contributed by atoms with Crippen LogP contribution < -0.4 is 5.73 Å². The van der Waals surface area contributed by atoms with Gasteiger partial charge in [-0.1, -0.05) is 23.2 Å². The number of imidazole rings is 1. The van der Waals surface area contributed by atoms with Crippen molar-refractivity contribution in [1.82, 2.24) is 9.38 Å². The highest BCUT2D eigenvalue weighted by Gasteiger charge is 2.08. The van der Waals surface area contributed by atoms with Crippen LogP contribution >= 0.6 is 23.2 Å². The lowest BCUT2D eigenvalue weighted by Crippen LogP contribution is -2.06. The van der Waals surface area contributed by atoms with Gasteiger partial charge >= 0.3 is 0 Å². The van der Waals surface area contributed by atoms with E-state index in [0.717, 1.165) is 11.3 Å². The van der Waals surface area contributed by atoms with Gasteiger partial charge in [0.1, 0.15) is 5.82 Å². The molecule has 3 nitrogen and oxygen atoms in total. The molecule has 0 atom stereocenters. The summed E-state index contributed by atoms with van der Waals surface area (Å²) in [4.78, 5) is 4.21. The molecule has 0 amide bonds. The molecule has 0 saturated carbocycles. The summed E-state index contributed by atoms with van der Waals surface area (Å²) in [6.45, 7) is 0.544. The minimum atomic E-state index is 0.491. The molecule has 14 heavy (non-hydrogen) atoms. The SMILES string of the molecule is NCCc1nc(Cl)c2ccc(Cl)cn12. The monoisotopic (exact) mass is 229 g/mol. The summed E-state index contributed by atoms with van der Waals surface area (Å²) in [6, 6.07) is 3.63. The van der Waals surface area contributed by atoms with E-state index in [0.29, 0.717) is 23.1 Å². The molecule has 0 spiro atoms. The van der Waals surface area contributed by atoms with Gasteiger partial charge in [-0.15, -0.1) is 0 Å². The van der Waals surface area contributed by atoms with Crippen LogP contribution in [0.25, 0.3) is 5.52 Å². The third-order valence-corrected chi connectivity index (χ3v) is 2.50. The summed E-state index contributed by atoms with van der Waals surface area (Å²) in [5.41, 5.74) is 6.33. The quantitative estimate of drug-likeness (QED) is 0.858. The molecule has 0 bridgehead atoms. The van der Waals surface area contributed by atoms with Crippen molar-refractivity contribution < 1.29 is 0 Å². The smallest absolute Gasteiger partial charge is 0.155 e. The molecule has 0 aliphatic carbocycles. The van der Waals surface area contributed by atoms with Crippen molar-refractivity contribution in [2.75, 3.05) is 6.54 Å². The Hall–Kier alpha value is -0.770. The number of nitrogens with two attached hydrogens (primary N) is 1. The summed E-state index contributed by atoms with van der Waals surface area (Å²) in [6.07, 6.45) is 2.48. The van der Waals surface area contributed by atoms with E-state index in [1.165, 1.54) is 0 Å². The molecular formula is C9H9Cl2N3. The van der Waals surface area contributed by atoms with Crippen LogP contribution in [0.1, 0.15) is 5.82 Å². The number of rotatable bonds is 2. The fourth-order valence-electron chi connectivity index (χ4n) is 1.39. The van der Waals surface area contributed by atoms with Crippen LogP contribution in [0.15, 0.2) is 18.3 Å². The molecule has 5 heteroatoms. The average Bonchev–Trinajstić information content (AvgIpc) is 2.44. The van der Waals surface area contributed by atoms with Gasteiger partial charge in [0.2, 0.25) is 0 Å². The van der Waals surface area contributed by atoms with Gasteiger partial charge in [-0.05, 0) is 18.7 Å². The lowest BCUT2D eigenvalue weighted by Gasteiger charge is -1.99. The molecule has 2 N–H and O–H groups in total. The Balaban J connectivity index is 2.66. The van der Waals surface area contributed by atoms with Crippen LogP contribution in [0.5, 0.6) is 0 Å². The number of fused-ring (bicyclic) bond motifs is 1. The predicted octanol–water partition coefficient (Wildman–Crippen LogP) is 2.14. The van der Waals surface area contributed by atoms with Crippen molar-refractivity contribution in [2.45, 2.75) is 6.42 Å². The number of halogens is 2. The van der Waals surface area contributed by atoms with Crippen LogP contribution in [0.2, 0.25) is 10.2 Å².